The first-order valence-corrected chi connectivity index (χ1v) is 6.69. The van der Waals surface area contributed by atoms with Crippen molar-refractivity contribution in [3.8, 4) is 5.75 Å². The van der Waals surface area contributed by atoms with E-state index in [2.05, 4.69) is 4.98 Å². The number of hydrogen-bond acceptors (Lipinski definition) is 4. The van der Waals surface area contributed by atoms with E-state index in [0.29, 0.717) is 22.8 Å². The average Bonchev–Trinajstić information content (AvgIpc) is 2.89. The highest BCUT2D eigenvalue weighted by Crippen LogP contribution is 2.22. The number of carbonyl (C=O) groups is 1. The molecule has 0 atom stereocenters. The molecule has 0 aliphatic carbocycles. The predicted molar refractivity (Wildman–Crippen MR) is 79.8 cm³/mol. The van der Waals surface area contributed by atoms with Crippen LogP contribution in [0, 0.1) is 6.92 Å². The molecular formula is C17H15NO3. The van der Waals surface area contributed by atoms with Gasteiger partial charge in [0, 0.05) is 0 Å². The number of benzene rings is 2. The lowest BCUT2D eigenvalue weighted by atomic mass is 10.0. The summed E-state index contributed by atoms with van der Waals surface area (Å²) in [6, 6.07) is 13.0. The number of ether oxygens (including phenoxy) is 1. The molecule has 0 N–H and O–H groups in total. The summed E-state index contributed by atoms with van der Waals surface area (Å²) in [6.07, 6.45) is 0.120. The van der Waals surface area contributed by atoms with Crippen LogP contribution in [-0.4, -0.2) is 17.9 Å². The van der Waals surface area contributed by atoms with Crippen LogP contribution in [0.15, 0.2) is 46.9 Å². The zero-order valence-corrected chi connectivity index (χ0v) is 11.9. The SMILES string of the molecule is COc1ccc(C)cc1C(=O)Cc1nc2ccccc2o1. The third-order valence-electron chi connectivity index (χ3n) is 3.31. The van der Waals surface area contributed by atoms with Gasteiger partial charge in [-0.05, 0) is 31.2 Å². The van der Waals surface area contributed by atoms with Gasteiger partial charge < -0.3 is 9.15 Å². The van der Waals surface area contributed by atoms with Crippen LogP contribution in [0.1, 0.15) is 21.8 Å². The number of hydrogen-bond donors (Lipinski definition) is 0. The van der Waals surface area contributed by atoms with Gasteiger partial charge in [0.2, 0.25) is 5.89 Å². The number of fused-ring (bicyclic) bond motifs is 1. The third-order valence-corrected chi connectivity index (χ3v) is 3.31. The molecule has 0 radical (unpaired) electrons. The molecule has 0 aliphatic heterocycles. The van der Waals surface area contributed by atoms with E-state index in [0.717, 1.165) is 11.1 Å². The van der Waals surface area contributed by atoms with Gasteiger partial charge in [-0.3, -0.25) is 4.79 Å². The molecule has 2 aromatic carbocycles. The molecule has 0 saturated carbocycles. The molecule has 3 aromatic rings. The van der Waals surface area contributed by atoms with Gasteiger partial charge in [0.1, 0.15) is 11.3 Å². The monoisotopic (exact) mass is 281 g/mol. The lowest BCUT2D eigenvalue weighted by Crippen LogP contribution is -2.06. The minimum atomic E-state index is -0.0675. The summed E-state index contributed by atoms with van der Waals surface area (Å²) >= 11 is 0. The maximum Gasteiger partial charge on any atom is 0.203 e. The Morgan fingerprint density at radius 3 is 2.81 bits per heavy atom. The first-order valence-electron chi connectivity index (χ1n) is 6.69. The number of ketones is 1. The minimum Gasteiger partial charge on any atom is -0.496 e. The number of methoxy groups -OCH3 is 1. The maximum absolute atomic E-state index is 12.4. The molecule has 4 heteroatoms. The summed E-state index contributed by atoms with van der Waals surface area (Å²) in [5.74, 6) is 0.925. The maximum atomic E-state index is 12.4. The van der Waals surface area contributed by atoms with Crippen molar-refractivity contribution in [1.29, 1.82) is 0 Å². The van der Waals surface area contributed by atoms with Crippen LogP contribution < -0.4 is 4.74 Å². The highest BCUT2D eigenvalue weighted by molar-refractivity contribution is 5.99. The van der Waals surface area contributed by atoms with E-state index in [4.69, 9.17) is 9.15 Å². The summed E-state index contributed by atoms with van der Waals surface area (Å²) in [6.45, 7) is 1.94. The average molecular weight is 281 g/mol. The van der Waals surface area contributed by atoms with Crippen molar-refractivity contribution < 1.29 is 13.9 Å². The Kier molecular flexibility index (Phi) is 3.44. The zero-order chi connectivity index (χ0) is 14.8. The van der Waals surface area contributed by atoms with E-state index in [9.17, 15) is 4.79 Å². The molecule has 0 aliphatic rings. The minimum absolute atomic E-state index is 0.0675. The molecule has 0 spiro atoms. The summed E-state index contributed by atoms with van der Waals surface area (Å²) in [4.78, 5) is 16.8. The molecule has 21 heavy (non-hydrogen) atoms. The summed E-state index contributed by atoms with van der Waals surface area (Å²) in [7, 11) is 1.56. The van der Waals surface area contributed by atoms with Gasteiger partial charge in [-0.1, -0.05) is 23.8 Å². The van der Waals surface area contributed by atoms with Crippen LogP contribution >= 0.6 is 0 Å². The van der Waals surface area contributed by atoms with Crippen LogP contribution in [0.3, 0.4) is 0 Å². The van der Waals surface area contributed by atoms with Gasteiger partial charge in [-0.15, -0.1) is 0 Å². The van der Waals surface area contributed by atoms with Crippen LogP contribution in [0.4, 0.5) is 0 Å². The lowest BCUT2D eigenvalue weighted by Gasteiger charge is -2.07. The van der Waals surface area contributed by atoms with Crippen molar-refractivity contribution in [2.75, 3.05) is 7.11 Å². The molecule has 3 rings (SSSR count). The number of carbonyl (C=O) groups excluding carboxylic acids is 1. The Bertz CT molecular complexity index is 772. The number of aryl methyl sites for hydroxylation is 1. The van der Waals surface area contributed by atoms with Gasteiger partial charge in [0.15, 0.2) is 11.4 Å². The van der Waals surface area contributed by atoms with Gasteiger partial charge in [-0.2, -0.15) is 0 Å². The quantitative estimate of drug-likeness (QED) is 0.686. The second kappa shape index (κ2) is 5.40. The number of aromatic nitrogens is 1. The second-order valence-electron chi connectivity index (χ2n) is 4.88. The molecule has 0 amide bonds. The number of Topliss-reactive ketones (excluding diaryl/α,β-unsaturated/α-hetero) is 1. The third kappa shape index (κ3) is 2.65. The van der Waals surface area contributed by atoms with Gasteiger partial charge >= 0.3 is 0 Å². The Morgan fingerprint density at radius 1 is 1.24 bits per heavy atom. The van der Waals surface area contributed by atoms with Crippen molar-refractivity contribution in [3.63, 3.8) is 0 Å². The Hall–Kier alpha value is -2.62. The highest BCUT2D eigenvalue weighted by atomic mass is 16.5. The van der Waals surface area contributed by atoms with E-state index in [1.54, 1.807) is 13.2 Å². The summed E-state index contributed by atoms with van der Waals surface area (Å²) in [5, 5.41) is 0. The zero-order valence-electron chi connectivity index (χ0n) is 11.9. The van der Waals surface area contributed by atoms with Gasteiger partial charge in [-0.25, -0.2) is 4.98 Å². The first kappa shape index (κ1) is 13.4. The number of oxazole rings is 1. The Labute approximate surface area is 122 Å². The van der Waals surface area contributed by atoms with E-state index >= 15 is 0 Å². The van der Waals surface area contributed by atoms with Crippen LogP contribution in [0.2, 0.25) is 0 Å². The van der Waals surface area contributed by atoms with Crippen molar-refractivity contribution >= 4 is 16.9 Å². The van der Waals surface area contributed by atoms with Crippen LogP contribution in [-0.2, 0) is 6.42 Å². The lowest BCUT2D eigenvalue weighted by molar-refractivity contribution is 0.0983. The highest BCUT2D eigenvalue weighted by Gasteiger charge is 2.16. The van der Waals surface area contributed by atoms with Crippen molar-refractivity contribution in [2.45, 2.75) is 13.3 Å². The summed E-state index contributed by atoms with van der Waals surface area (Å²) < 4.78 is 10.8. The number of nitrogens with zero attached hydrogens (tertiary/aromatic N) is 1. The number of rotatable bonds is 4. The fraction of sp³-hybridized carbons (Fsp3) is 0.176. The van der Waals surface area contributed by atoms with Crippen molar-refractivity contribution in [3.05, 3.63) is 59.5 Å². The summed E-state index contributed by atoms with van der Waals surface area (Å²) in [5.41, 5.74) is 3.02. The van der Waals surface area contributed by atoms with E-state index in [1.165, 1.54) is 0 Å². The van der Waals surface area contributed by atoms with Crippen LogP contribution in [0.5, 0.6) is 5.75 Å². The van der Waals surface area contributed by atoms with E-state index < -0.39 is 0 Å². The van der Waals surface area contributed by atoms with Gasteiger partial charge in [0.05, 0.1) is 19.1 Å². The Balaban J connectivity index is 1.90. The molecule has 0 unspecified atom stereocenters. The Morgan fingerprint density at radius 2 is 2.05 bits per heavy atom. The largest absolute Gasteiger partial charge is 0.496 e. The fourth-order valence-electron chi connectivity index (χ4n) is 2.27. The molecule has 4 nitrogen and oxygen atoms in total. The first-order chi connectivity index (χ1) is 10.2. The van der Waals surface area contributed by atoms with E-state index in [1.807, 2.05) is 43.3 Å². The van der Waals surface area contributed by atoms with Crippen LogP contribution in [0.25, 0.3) is 11.1 Å². The second-order valence-corrected chi connectivity index (χ2v) is 4.88. The fourth-order valence-corrected chi connectivity index (χ4v) is 2.27. The molecule has 0 fully saturated rings. The molecule has 1 aromatic heterocycles. The smallest absolute Gasteiger partial charge is 0.203 e. The molecule has 0 bridgehead atoms. The van der Waals surface area contributed by atoms with Crippen molar-refractivity contribution in [1.82, 2.24) is 4.98 Å². The van der Waals surface area contributed by atoms with E-state index in [-0.39, 0.29) is 12.2 Å². The normalized spacial score (nSPS) is 10.8. The standard InChI is InChI=1S/C17H15NO3/c1-11-7-8-15(20-2)12(9-11)14(19)10-17-18-13-5-3-4-6-16(13)21-17/h3-9H,10H2,1-2H3. The molecular weight excluding hydrogens is 266 g/mol. The molecule has 106 valence electrons. The predicted octanol–water partition coefficient (Wildman–Crippen LogP) is 3.57. The van der Waals surface area contributed by atoms with Gasteiger partial charge in [0.25, 0.3) is 0 Å². The van der Waals surface area contributed by atoms with Crippen molar-refractivity contribution in [2.24, 2.45) is 0 Å². The molecule has 1 heterocycles. The number of para-hydroxylation sites is 2. The topological polar surface area (TPSA) is 52.3 Å². The molecule has 0 saturated heterocycles.